The molecule has 0 bridgehead atoms. The van der Waals surface area contributed by atoms with Gasteiger partial charge in [0.2, 0.25) is 0 Å². The summed E-state index contributed by atoms with van der Waals surface area (Å²) in [7, 11) is 0. The van der Waals surface area contributed by atoms with Gasteiger partial charge in [-0.15, -0.1) is 0 Å². The molecule has 0 aliphatic carbocycles. The Balaban J connectivity index is 2.45. The standard InChI is InChI=1S/C17H30N4/c1-7-18-16-13(5)17(20-15(19-16)11(2)3)21-10-8-9-12(4)14(21)6/h11-12,14H,7-10H2,1-6H3,(H,18,19,20). The van der Waals surface area contributed by atoms with Crippen molar-refractivity contribution in [2.45, 2.75) is 66.3 Å². The summed E-state index contributed by atoms with van der Waals surface area (Å²) in [5.41, 5.74) is 1.18. The van der Waals surface area contributed by atoms with Gasteiger partial charge in [0.1, 0.15) is 17.5 Å². The summed E-state index contributed by atoms with van der Waals surface area (Å²) in [5, 5.41) is 3.40. The van der Waals surface area contributed by atoms with E-state index in [1.165, 1.54) is 18.4 Å². The van der Waals surface area contributed by atoms with E-state index >= 15 is 0 Å². The molecule has 1 saturated heterocycles. The van der Waals surface area contributed by atoms with Crippen molar-refractivity contribution in [3.8, 4) is 0 Å². The van der Waals surface area contributed by atoms with E-state index < -0.39 is 0 Å². The van der Waals surface area contributed by atoms with Gasteiger partial charge in [0.25, 0.3) is 0 Å². The minimum Gasteiger partial charge on any atom is -0.370 e. The lowest BCUT2D eigenvalue weighted by Crippen LogP contribution is -2.43. The number of anilines is 2. The summed E-state index contributed by atoms with van der Waals surface area (Å²) in [4.78, 5) is 12.1. The maximum Gasteiger partial charge on any atom is 0.137 e. The van der Waals surface area contributed by atoms with Crippen LogP contribution in [-0.2, 0) is 0 Å². The Labute approximate surface area is 129 Å². The van der Waals surface area contributed by atoms with Gasteiger partial charge in [-0.05, 0) is 39.5 Å². The first-order chi connectivity index (χ1) is 9.95. The van der Waals surface area contributed by atoms with Gasteiger partial charge in [0, 0.05) is 30.6 Å². The Hall–Kier alpha value is -1.32. The highest BCUT2D eigenvalue weighted by molar-refractivity contribution is 5.59. The third kappa shape index (κ3) is 3.30. The second-order valence-corrected chi connectivity index (χ2v) is 6.62. The molecular formula is C17H30N4. The van der Waals surface area contributed by atoms with E-state index in [0.29, 0.717) is 12.0 Å². The first kappa shape index (κ1) is 16.1. The maximum absolute atomic E-state index is 4.90. The quantitative estimate of drug-likeness (QED) is 0.911. The molecule has 4 heteroatoms. The highest BCUT2D eigenvalue weighted by atomic mass is 15.2. The van der Waals surface area contributed by atoms with Crippen molar-refractivity contribution < 1.29 is 0 Å². The molecule has 0 aromatic carbocycles. The fraction of sp³-hybridized carbons (Fsp3) is 0.765. The molecule has 1 aliphatic heterocycles. The molecule has 2 atom stereocenters. The number of rotatable bonds is 4. The van der Waals surface area contributed by atoms with Crippen LogP contribution in [0.25, 0.3) is 0 Å². The molecule has 1 fully saturated rings. The van der Waals surface area contributed by atoms with Gasteiger partial charge >= 0.3 is 0 Å². The average molecular weight is 290 g/mol. The van der Waals surface area contributed by atoms with Gasteiger partial charge in [0.05, 0.1) is 0 Å². The predicted molar refractivity (Wildman–Crippen MR) is 90.2 cm³/mol. The minimum absolute atomic E-state index is 0.347. The topological polar surface area (TPSA) is 41.1 Å². The van der Waals surface area contributed by atoms with Crippen LogP contribution in [0, 0.1) is 12.8 Å². The van der Waals surface area contributed by atoms with Crippen molar-refractivity contribution in [2.24, 2.45) is 5.92 Å². The molecule has 1 N–H and O–H groups in total. The summed E-state index contributed by atoms with van der Waals surface area (Å²) in [6.07, 6.45) is 2.57. The summed E-state index contributed by atoms with van der Waals surface area (Å²) in [6, 6.07) is 0.543. The first-order valence-corrected chi connectivity index (χ1v) is 8.34. The van der Waals surface area contributed by atoms with E-state index in [2.05, 4.69) is 51.8 Å². The molecule has 0 spiro atoms. The molecule has 0 saturated carbocycles. The highest BCUT2D eigenvalue weighted by Crippen LogP contribution is 2.32. The third-order valence-corrected chi connectivity index (χ3v) is 4.64. The number of hydrogen-bond donors (Lipinski definition) is 1. The molecule has 2 unspecified atom stereocenters. The zero-order valence-electron chi connectivity index (χ0n) is 14.4. The number of nitrogens with one attached hydrogen (secondary N) is 1. The van der Waals surface area contributed by atoms with Crippen molar-refractivity contribution in [1.82, 2.24) is 9.97 Å². The maximum atomic E-state index is 4.90. The molecular weight excluding hydrogens is 260 g/mol. The average Bonchev–Trinajstić information content (AvgIpc) is 2.44. The Bertz CT molecular complexity index is 484. The minimum atomic E-state index is 0.347. The van der Waals surface area contributed by atoms with E-state index in [9.17, 15) is 0 Å². The second kappa shape index (κ2) is 6.63. The van der Waals surface area contributed by atoms with E-state index in [-0.39, 0.29) is 0 Å². The first-order valence-electron chi connectivity index (χ1n) is 8.34. The molecule has 1 aromatic heterocycles. The SMILES string of the molecule is CCNc1nc(C(C)C)nc(N2CCCC(C)C2C)c1C. The summed E-state index contributed by atoms with van der Waals surface area (Å²) >= 11 is 0. The van der Waals surface area contributed by atoms with Crippen LogP contribution in [0.4, 0.5) is 11.6 Å². The fourth-order valence-electron chi connectivity index (χ4n) is 3.03. The molecule has 1 aromatic rings. The number of piperidine rings is 1. The van der Waals surface area contributed by atoms with Gasteiger partial charge in [-0.25, -0.2) is 9.97 Å². The van der Waals surface area contributed by atoms with Crippen molar-refractivity contribution >= 4 is 11.6 Å². The second-order valence-electron chi connectivity index (χ2n) is 6.62. The molecule has 118 valence electrons. The van der Waals surface area contributed by atoms with Crippen LogP contribution in [0.5, 0.6) is 0 Å². The van der Waals surface area contributed by atoms with Crippen molar-refractivity contribution in [1.29, 1.82) is 0 Å². The van der Waals surface area contributed by atoms with Crippen molar-refractivity contribution in [3.63, 3.8) is 0 Å². The van der Waals surface area contributed by atoms with Crippen LogP contribution >= 0.6 is 0 Å². The fourth-order valence-corrected chi connectivity index (χ4v) is 3.03. The van der Waals surface area contributed by atoms with Crippen LogP contribution in [0.3, 0.4) is 0 Å². The highest BCUT2D eigenvalue weighted by Gasteiger charge is 2.28. The van der Waals surface area contributed by atoms with Crippen molar-refractivity contribution in [3.05, 3.63) is 11.4 Å². The lowest BCUT2D eigenvalue weighted by molar-refractivity contribution is 0.361. The van der Waals surface area contributed by atoms with Crippen molar-refractivity contribution in [2.75, 3.05) is 23.3 Å². The Morgan fingerprint density at radius 1 is 1.29 bits per heavy atom. The summed E-state index contributed by atoms with van der Waals surface area (Å²) < 4.78 is 0. The Morgan fingerprint density at radius 3 is 2.62 bits per heavy atom. The molecule has 2 rings (SSSR count). The molecule has 1 aliphatic rings. The van der Waals surface area contributed by atoms with E-state index in [4.69, 9.17) is 9.97 Å². The largest absolute Gasteiger partial charge is 0.370 e. The van der Waals surface area contributed by atoms with E-state index in [1.807, 2.05) is 0 Å². The van der Waals surface area contributed by atoms with Gasteiger partial charge in [-0.3, -0.25) is 0 Å². The van der Waals surface area contributed by atoms with Gasteiger partial charge in [0.15, 0.2) is 0 Å². The molecule has 0 amide bonds. The van der Waals surface area contributed by atoms with Crippen LogP contribution in [-0.4, -0.2) is 29.1 Å². The van der Waals surface area contributed by atoms with Crippen LogP contribution in [0.1, 0.15) is 64.8 Å². The molecule has 0 radical (unpaired) electrons. The molecule has 2 heterocycles. The Kier molecular flexibility index (Phi) is 5.07. The lowest BCUT2D eigenvalue weighted by atomic mass is 9.92. The van der Waals surface area contributed by atoms with Gasteiger partial charge in [-0.1, -0.05) is 20.8 Å². The van der Waals surface area contributed by atoms with Crippen LogP contribution in [0.15, 0.2) is 0 Å². The molecule has 4 nitrogen and oxygen atoms in total. The molecule has 21 heavy (non-hydrogen) atoms. The normalized spacial score (nSPS) is 22.7. The van der Waals surface area contributed by atoms with Crippen LogP contribution in [0.2, 0.25) is 0 Å². The lowest BCUT2D eigenvalue weighted by Gasteiger charge is -2.39. The van der Waals surface area contributed by atoms with E-state index in [1.54, 1.807) is 0 Å². The van der Waals surface area contributed by atoms with Gasteiger partial charge < -0.3 is 10.2 Å². The zero-order chi connectivity index (χ0) is 15.6. The number of hydrogen-bond acceptors (Lipinski definition) is 4. The zero-order valence-corrected chi connectivity index (χ0v) is 14.4. The third-order valence-electron chi connectivity index (χ3n) is 4.64. The predicted octanol–water partition coefficient (Wildman–Crippen LogP) is 3.97. The number of nitrogens with zero attached hydrogens (tertiary/aromatic N) is 3. The number of aromatic nitrogens is 2. The monoisotopic (exact) mass is 290 g/mol. The van der Waals surface area contributed by atoms with Gasteiger partial charge in [-0.2, -0.15) is 0 Å². The Morgan fingerprint density at radius 2 is 2.00 bits per heavy atom. The summed E-state index contributed by atoms with van der Waals surface area (Å²) in [6.45, 7) is 15.2. The van der Waals surface area contributed by atoms with Crippen LogP contribution < -0.4 is 10.2 Å². The summed E-state index contributed by atoms with van der Waals surface area (Å²) in [5.74, 6) is 4.13. The smallest absolute Gasteiger partial charge is 0.137 e. The van der Waals surface area contributed by atoms with E-state index in [0.717, 1.165) is 36.5 Å².